The SMILES string of the molecule is CC(C)(C)OC(=O)N1CCC(C(=O)Nc2cccc(F)c2C(=O)Nc2ccc(Cl)cn2)CC1. The molecule has 33 heavy (non-hydrogen) atoms. The molecule has 2 N–H and O–H groups in total. The van der Waals surface area contributed by atoms with Crippen molar-refractivity contribution in [3.8, 4) is 0 Å². The van der Waals surface area contributed by atoms with Crippen LogP contribution in [0, 0.1) is 11.7 Å². The average molecular weight is 477 g/mol. The van der Waals surface area contributed by atoms with Gasteiger partial charge in [0.05, 0.1) is 16.3 Å². The summed E-state index contributed by atoms with van der Waals surface area (Å²) in [5.41, 5.74) is -0.837. The zero-order valence-electron chi connectivity index (χ0n) is 18.7. The first kappa shape index (κ1) is 24.4. The first-order chi connectivity index (χ1) is 15.5. The number of nitrogens with one attached hydrogen (secondary N) is 2. The lowest BCUT2D eigenvalue weighted by atomic mass is 9.96. The van der Waals surface area contributed by atoms with Gasteiger partial charge < -0.3 is 20.3 Å². The van der Waals surface area contributed by atoms with Crippen molar-refractivity contribution in [1.29, 1.82) is 0 Å². The van der Waals surface area contributed by atoms with E-state index in [0.717, 1.165) is 6.07 Å². The number of carbonyl (C=O) groups excluding carboxylic acids is 3. The third-order valence-corrected chi connectivity index (χ3v) is 5.21. The van der Waals surface area contributed by atoms with Crippen molar-refractivity contribution < 1.29 is 23.5 Å². The number of amides is 3. The highest BCUT2D eigenvalue weighted by Gasteiger charge is 2.30. The van der Waals surface area contributed by atoms with E-state index in [1.807, 2.05) is 0 Å². The monoisotopic (exact) mass is 476 g/mol. The van der Waals surface area contributed by atoms with Gasteiger partial charge in [-0.05, 0) is 57.9 Å². The molecule has 2 heterocycles. The molecule has 0 unspecified atom stereocenters. The van der Waals surface area contributed by atoms with Crippen LogP contribution >= 0.6 is 11.6 Å². The lowest BCUT2D eigenvalue weighted by Crippen LogP contribution is -2.43. The minimum Gasteiger partial charge on any atom is -0.444 e. The van der Waals surface area contributed by atoms with E-state index < -0.39 is 23.4 Å². The number of piperidine rings is 1. The summed E-state index contributed by atoms with van der Waals surface area (Å²) < 4.78 is 19.9. The molecule has 1 aliphatic heterocycles. The second-order valence-electron chi connectivity index (χ2n) is 8.71. The lowest BCUT2D eigenvalue weighted by molar-refractivity contribution is -0.121. The van der Waals surface area contributed by atoms with Crippen LogP contribution in [0.3, 0.4) is 0 Å². The number of anilines is 2. The Hall–Kier alpha value is -3.20. The molecule has 1 aromatic carbocycles. The first-order valence-electron chi connectivity index (χ1n) is 10.5. The molecule has 0 radical (unpaired) electrons. The van der Waals surface area contributed by atoms with Gasteiger partial charge >= 0.3 is 6.09 Å². The molecule has 1 saturated heterocycles. The Morgan fingerprint density at radius 1 is 1.12 bits per heavy atom. The number of ether oxygens (including phenoxy) is 1. The Kier molecular flexibility index (Phi) is 7.53. The molecule has 1 aliphatic rings. The Balaban J connectivity index is 1.65. The summed E-state index contributed by atoms with van der Waals surface area (Å²) in [7, 11) is 0. The van der Waals surface area contributed by atoms with Gasteiger partial charge in [0.1, 0.15) is 17.2 Å². The van der Waals surface area contributed by atoms with Crippen molar-refractivity contribution in [3.63, 3.8) is 0 Å². The second-order valence-corrected chi connectivity index (χ2v) is 9.15. The molecule has 3 rings (SSSR count). The van der Waals surface area contributed by atoms with Gasteiger partial charge in [0, 0.05) is 25.2 Å². The van der Waals surface area contributed by atoms with Crippen LogP contribution in [-0.4, -0.2) is 46.5 Å². The fourth-order valence-electron chi connectivity index (χ4n) is 3.37. The molecule has 0 atom stereocenters. The molecule has 176 valence electrons. The number of likely N-dealkylation sites (tertiary alicyclic amines) is 1. The van der Waals surface area contributed by atoms with Crippen LogP contribution < -0.4 is 10.6 Å². The topological polar surface area (TPSA) is 101 Å². The summed E-state index contributed by atoms with van der Waals surface area (Å²) >= 11 is 5.79. The normalized spacial score (nSPS) is 14.5. The molecule has 0 spiro atoms. The summed E-state index contributed by atoms with van der Waals surface area (Å²) in [4.78, 5) is 43.3. The average Bonchev–Trinajstić information content (AvgIpc) is 2.74. The maximum absolute atomic E-state index is 14.5. The molecule has 1 fully saturated rings. The second kappa shape index (κ2) is 10.2. The third-order valence-electron chi connectivity index (χ3n) is 4.98. The van der Waals surface area contributed by atoms with Crippen LogP contribution in [0.5, 0.6) is 0 Å². The highest BCUT2D eigenvalue weighted by atomic mass is 35.5. The lowest BCUT2D eigenvalue weighted by Gasteiger charge is -2.33. The summed E-state index contributed by atoms with van der Waals surface area (Å²) in [6.07, 6.45) is 1.79. The number of benzene rings is 1. The van der Waals surface area contributed by atoms with Gasteiger partial charge in [-0.1, -0.05) is 17.7 Å². The largest absolute Gasteiger partial charge is 0.444 e. The van der Waals surface area contributed by atoms with Gasteiger partial charge in [0.2, 0.25) is 5.91 Å². The van der Waals surface area contributed by atoms with Crippen LogP contribution in [0.15, 0.2) is 36.5 Å². The molecule has 10 heteroatoms. The van der Waals surface area contributed by atoms with Crippen molar-refractivity contribution in [2.45, 2.75) is 39.2 Å². The predicted molar refractivity (Wildman–Crippen MR) is 123 cm³/mol. The van der Waals surface area contributed by atoms with Crippen molar-refractivity contribution in [2.24, 2.45) is 5.92 Å². The molecular formula is C23H26ClFN4O4. The summed E-state index contributed by atoms with van der Waals surface area (Å²) in [6.45, 7) is 6.11. The van der Waals surface area contributed by atoms with Gasteiger partial charge in [0.25, 0.3) is 5.91 Å². The maximum atomic E-state index is 14.5. The fourth-order valence-corrected chi connectivity index (χ4v) is 3.48. The van der Waals surface area contributed by atoms with Crippen LogP contribution in [0.25, 0.3) is 0 Å². The minimum absolute atomic E-state index is 0.0565. The van der Waals surface area contributed by atoms with Gasteiger partial charge in [-0.3, -0.25) is 9.59 Å². The zero-order valence-corrected chi connectivity index (χ0v) is 19.4. The van der Waals surface area contributed by atoms with E-state index in [1.54, 1.807) is 25.7 Å². The Morgan fingerprint density at radius 2 is 1.82 bits per heavy atom. The van der Waals surface area contributed by atoms with Crippen molar-refractivity contribution in [2.75, 3.05) is 23.7 Å². The Morgan fingerprint density at radius 3 is 2.42 bits per heavy atom. The number of aromatic nitrogens is 1. The van der Waals surface area contributed by atoms with E-state index in [0.29, 0.717) is 31.0 Å². The van der Waals surface area contributed by atoms with E-state index >= 15 is 0 Å². The fraction of sp³-hybridized carbons (Fsp3) is 0.391. The molecule has 0 saturated carbocycles. The number of hydrogen-bond acceptors (Lipinski definition) is 5. The third kappa shape index (κ3) is 6.64. The molecule has 0 bridgehead atoms. The summed E-state index contributed by atoms with van der Waals surface area (Å²) in [6, 6.07) is 7.03. The van der Waals surface area contributed by atoms with Gasteiger partial charge in [0.15, 0.2) is 0 Å². The smallest absolute Gasteiger partial charge is 0.410 e. The number of carbonyl (C=O) groups is 3. The van der Waals surface area contributed by atoms with Crippen LogP contribution in [0.2, 0.25) is 5.02 Å². The molecule has 2 aromatic rings. The summed E-state index contributed by atoms with van der Waals surface area (Å²) in [5, 5.41) is 5.55. The van der Waals surface area contributed by atoms with E-state index in [9.17, 15) is 18.8 Å². The van der Waals surface area contributed by atoms with Gasteiger partial charge in [-0.2, -0.15) is 0 Å². The van der Waals surface area contributed by atoms with Crippen molar-refractivity contribution in [3.05, 3.63) is 52.9 Å². The highest BCUT2D eigenvalue weighted by Crippen LogP contribution is 2.25. The van der Waals surface area contributed by atoms with Crippen LogP contribution in [0.1, 0.15) is 44.0 Å². The number of halogens is 2. The number of hydrogen-bond donors (Lipinski definition) is 2. The van der Waals surface area contributed by atoms with Gasteiger partial charge in [-0.25, -0.2) is 14.2 Å². The standard InChI is InChI=1S/C23H26ClFN4O4/c1-23(2,3)33-22(32)29-11-9-14(10-12-29)20(30)27-17-6-4-5-16(25)19(17)21(31)28-18-8-7-15(24)13-26-18/h4-8,13-14H,9-12H2,1-3H3,(H,27,30)(H,26,28,31). The predicted octanol–water partition coefficient (Wildman–Crippen LogP) is 4.71. The zero-order chi connectivity index (χ0) is 24.2. The van der Waals surface area contributed by atoms with E-state index in [-0.39, 0.29) is 28.9 Å². The number of pyridine rings is 1. The number of rotatable bonds is 4. The van der Waals surface area contributed by atoms with Crippen LogP contribution in [0.4, 0.5) is 20.7 Å². The highest BCUT2D eigenvalue weighted by molar-refractivity contribution is 6.30. The molecule has 8 nitrogen and oxygen atoms in total. The molecule has 0 aliphatic carbocycles. The van der Waals surface area contributed by atoms with E-state index in [2.05, 4.69) is 15.6 Å². The molecular weight excluding hydrogens is 451 g/mol. The first-order valence-corrected chi connectivity index (χ1v) is 10.9. The quantitative estimate of drug-likeness (QED) is 0.665. The van der Waals surface area contributed by atoms with Gasteiger partial charge in [-0.15, -0.1) is 0 Å². The molecule has 3 amide bonds. The number of nitrogens with zero attached hydrogens (tertiary/aromatic N) is 2. The van der Waals surface area contributed by atoms with Crippen molar-refractivity contribution in [1.82, 2.24) is 9.88 Å². The Bertz CT molecular complexity index is 1030. The van der Waals surface area contributed by atoms with E-state index in [4.69, 9.17) is 16.3 Å². The van der Waals surface area contributed by atoms with Crippen LogP contribution in [-0.2, 0) is 9.53 Å². The minimum atomic E-state index is -0.779. The maximum Gasteiger partial charge on any atom is 0.410 e. The van der Waals surface area contributed by atoms with Crippen molar-refractivity contribution >= 4 is 41.0 Å². The summed E-state index contributed by atoms with van der Waals surface area (Å²) in [5.74, 6) is -2.07. The van der Waals surface area contributed by atoms with E-state index in [1.165, 1.54) is 30.5 Å². The molecule has 1 aromatic heterocycles. The Labute approximate surface area is 196 Å².